The third-order valence-corrected chi connectivity index (χ3v) is 4.22. The number of benzene rings is 1. The number of amides is 1. The average Bonchev–Trinajstić information content (AvgIpc) is 2.64. The van der Waals surface area contributed by atoms with E-state index in [0.29, 0.717) is 23.5 Å². The van der Waals surface area contributed by atoms with E-state index in [2.05, 4.69) is 20.4 Å². The Hall–Kier alpha value is -2.85. The fourth-order valence-electron chi connectivity index (χ4n) is 2.97. The summed E-state index contributed by atoms with van der Waals surface area (Å²) in [4.78, 5) is 17.5. The van der Waals surface area contributed by atoms with Crippen molar-refractivity contribution in [1.29, 1.82) is 0 Å². The summed E-state index contributed by atoms with van der Waals surface area (Å²) in [7, 11) is 0. The normalized spacial score (nSPS) is 16.2. The first-order chi connectivity index (χ1) is 13.3. The fourth-order valence-corrected chi connectivity index (χ4v) is 2.97. The molecule has 0 spiro atoms. The van der Waals surface area contributed by atoms with Crippen LogP contribution in [0.4, 0.5) is 24.7 Å². The van der Waals surface area contributed by atoms with Crippen molar-refractivity contribution >= 4 is 17.4 Å². The summed E-state index contributed by atoms with van der Waals surface area (Å²) in [5.41, 5.74) is 1.15. The van der Waals surface area contributed by atoms with Crippen molar-refractivity contribution < 1.29 is 27.8 Å². The highest BCUT2D eigenvalue weighted by atomic mass is 19.4. The summed E-state index contributed by atoms with van der Waals surface area (Å²) in [5, 5.41) is 16.3. The second kappa shape index (κ2) is 8.03. The van der Waals surface area contributed by atoms with E-state index in [4.69, 9.17) is 0 Å². The molecule has 1 aliphatic rings. The molecule has 7 nitrogen and oxygen atoms in total. The number of rotatable bonds is 6. The number of fused-ring (bicyclic) bond motifs is 1. The Balaban J connectivity index is 1.73. The zero-order valence-corrected chi connectivity index (χ0v) is 14.9. The Kier molecular flexibility index (Phi) is 5.71. The van der Waals surface area contributed by atoms with Crippen molar-refractivity contribution in [2.45, 2.75) is 32.1 Å². The fraction of sp³-hybridized carbons (Fsp3) is 0.333. The number of anilines is 2. The number of hydrogen-bond acceptors (Lipinski definition) is 6. The molecule has 3 rings (SSSR count). The highest BCUT2D eigenvalue weighted by Gasteiger charge is 2.31. The van der Waals surface area contributed by atoms with Crippen LogP contribution in [-0.2, 0) is 4.79 Å². The second-order valence-electron chi connectivity index (χ2n) is 6.17. The minimum absolute atomic E-state index is 0.0903. The first-order valence-electron chi connectivity index (χ1n) is 8.58. The molecule has 1 aromatic carbocycles. The minimum atomic E-state index is -4.75. The number of aliphatic hydroxyl groups is 1. The minimum Gasteiger partial charge on any atom is -0.406 e. The first kappa shape index (κ1) is 19.9. The molecular weight excluding hydrogens is 377 g/mol. The van der Waals surface area contributed by atoms with Crippen molar-refractivity contribution in [3.63, 3.8) is 0 Å². The summed E-state index contributed by atoms with van der Waals surface area (Å²) in [6.45, 7) is 1.77. The van der Waals surface area contributed by atoms with Gasteiger partial charge < -0.3 is 20.1 Å². The lowest BCUT2D eigenvalue weighted by atomic mass is 10.0. The van der Waals surface area contributed by atoms with Crippen LogP contribution in [0.15, 0.2) is 42.6 Å². The van der Waals surface area contributed by atoms with Crippen molar-refractivity contribution in [2.24, 2.45) is 0 Å². The number of ether oxygens (including phenoxy) is 1. The molecule has 0 bridgehead atoms. The van der Waals surface area contributed by atoms with Crippen LogP contribution in [0.25, 0.3) is 0 Å². The SMILES string of the molecule is CCC(NC(O)N1CC(=O)Nc2cccnc21)c1ccc(OC(F)(F)F)cc1. The lowest BCUT2D eigenvalue weighted by molar-refractivity contribution is -0.274. The maximum absolute atomic E-state index is 12.3. The predicted octanol–water partition coefficient (Wildman–Crippen LogP) is 2.76. The Morgan fingerprint density at radius 1 is 1.32 bits per heavy atom. The van der Waals surface area contributed by atoms with Gasteiger partial charge in [0.2, 0.25) is 5.91 Å². The number of carbonyl (C=O) groups excluding carboxylic acids is 1. The number of hydrogen-bond donors (Lipinski definition) is 3. The molecule has 2 aromatic rings. The third-order valence-electron chi connectivity index (χ3n) is 4.22. The molecular formula is C18H19F3N4O3. The van der Waals surface area contributed by atoms with Crippen molar-refractivity contribution in [1.82, 2.24) is 10.3 Å². The molecule has 150 valence electrons. The molecule has 10 heteroatoms. The van der Waals surface area contributed by atoms with Gasteiger partial charge in [0.15, 0.2) is 12.2 Å². The van der Waals surface area contributed by atoms with Gasteiger partial charge in [-0.25, -0.2) is 4.98 Å². The summed E-state index contributed by atoms with van der Waals surface area (Å²) < 4.78 is 40.7. The van der Waals surface area contributed by atoms with Gasteiger partial charge in [0.25, 0.3) is 0 Å². The molecule has 2 atom stereocenters. The van der Waals surface area contributed by atoms with Gasteiger partial charge in [0, 0.05) is 12.2 Å². The summed E-state index contributed by atoms with van der Waals surface area (Å²) in [6.07, 6.45) is -3.89. The summed E-state index contributed by atoms with van der Waals surface area (Å²) >= 11 is 0. The maximum atomic E-state index is 12.3. The van der Waals surface area contributed by atoms with Gasteiger partial charge in [-0.1, -0.05) is 19.1 Å². The molecule has 1 aromatic heterocycles. The molecule has 1 aliphatic heterocycles. The number of halogens is 3. The standard InChI is InChI=1S/C18H19F3N4O3/c1-2-13(11-5-7-12(8-6-11)28-18(19,20)21)24-17(27)25-10-15(26)23-14-4-3-9-22-16(14)25/h3-9,13,17,24,27H,2,10H2,1H3,(H,23,26). The number of nitrogens with zero attached hydrogens (tertiary/aromatic N) is 2. The summed E-state index contributed by atoms with van der Waals surface area (Å²) in [6, 6.07) is 8.38. The van der Waals surface area contributed by atoms with E-state index in [0.717, 1.165) is 0 Å². The highest BCUT2D eigenvalue weighted by Crippen LogP contribution is 2.29. The molecule has 0 aliphatic carbocycles. The van der Waals surface area contributed by atoms with E-state index in [1.54, 1.807) is 18.3 Å². The molecule has 0 saturated carbocycles. The zero-order chi connectivity index (χ0) is 20.3. The van der Waals surface area contributed by atoms with Gasteiger partial charge in [-0.3, -0.25) is 10.1 Å². The number of carbonyl (C=O) groups is 1. The van der Waals surface area contributed by atoms with Gasteiger partial charge >= 0.3 is 6.36 Å². The summed E-state index contributed by atoms with van der Waals surface area (Å²) in [5.74, 6) is -0.189. The monoisotopic (exact) mass is 396 g/mol. The van der Waals surface area contributed by atoms with Crippen LogP contribution in [0.5, 0.6) is 5.75 Å². The van der Waals surface area contributed by atoms with E-state index >= 15 is 0 Å². The van der Waals surface area contributed by atoms with Crippen molar-refractivity contribution in [2.75, 3.05) is 16.8 Å². The topological polar surface area (TPSA) is 86.7 Å². The molecule has 1 amide bonds. The number of nitrogens with one attached hydrogen (secondary N) is 2. The zero-order valence-electron chi connectivity index (χ0n) is 14.9. The van der Waals surface area contributed by atoms with Crippen LogP contribution in [-0.4, -0.2) is 35.3 Å². The Morgan fingerprint density at radius 2 is 2.04 bits per heavy atom. The number of aromatic nitrogens is 1. The van der Waals surface area contributed by atoms with Gasteiger partial charge in [-0.2, -0.15) is 0 Å². The predicted molar refractivity (Wildman–Crippen MR) is 95.5 cm³/mol. The molecule has 0 saturated heterocycles. The van der Waals surface area contributed by atoms with Crippen LogP contribution in [0.2, 0.25) is 0 Å². The average molecular weight is 396 g/mol. The van der Waals surface area contributed by atoms with E-state index < -0.39 is 12.7 Å². The molecule has 3 N–H and O–H groups in total. The largest absolute Gasteiger partial charge is 0.573 e. The van der Waals surface area contributed by atoms with Crippen LogP contribution in [0.3, 0.4) is 0 Å². The van der Waals surface area contributed by atoms with Gasteiger partial charge in [0.1, 0.15) is 12.3 Å². The third kappa shape index (κ3) is 4.70. The Morgan fingerprint density at radius 3 is 2.68 bits per heavy atom. The number of alkyl halides is 3. The first-order valence-corrected chi connectivity index (χ1v) is 8.58. The van der Waals surface area contributed by atoms with Crippen molar-refractivity contribution in [3.8, 4) is 5.75 Å². The van der Waals surface area contributed by atoms with Crippen LogP contribution < -0.4 is 20.3 Å². The van der Waals surface area contributed by atoms with Crippen LogP contribution in [0, 0.1) is 0 Å². The molecule has 2 heterocycles. The smallest absolute Gasteiger partial charge is 0.406 e. The van der Waals surface area contributed by atoms with Crippen molar-refractivity contribution in [3.05, 3.63) is 48.2 Å². The molecule has 2 unspecified atom stereocenters. The molecule has 0 fully saturated rings. The van der Waals surface area contributed by atoms with Gasteiger partial charge in [0.05, 0.1) is 5.69 Å². The second-order valence-corrected chi connectivity index (χ2v) is 6.17. The molecule has 28 heavy (non-hydrogen) atoms. The maximum Gasteiger partial charge on any atom is 0.573 e. The van der Waals surface area contributed by atoms with E-state index in [1.165, 1.54) is 29.2 Å². The Bertz CT molecular complexity index is 830. The lowest BCUT2D eigenvalue weighted by Gasteiger charge is -2.35. The number of pyridine rings is 1. The number of aliphatic hydroxyl groups excluding tert-OH is 1. The van der Waals surface area contributed by atoms with Gasteiger partial charge in [-0.15, -0.1) is 13.2 Å². The van der Waals surface area contributed by atoms with E-state index in [1.807, 2.05) is 6.92 Å². The quantitative estimate of drug-likeness (QED) is 0.651. The molecule has 0 radical (unpaired) electrons. The van der Waals surface area contributed by atoms with Crippen LogP contribution >= 0.6 is 0 Å². The van der Waals surface area contributed by atoms with E-state index in [-0.39, 0.29) is 24.2 Å². The van der Waals surface area contributed by atoms with Gasteiger partial charge in [-0.05, 0) is 36.2 Å². The highest BCUT2D eigenvalue weighted by molar-refractivity contribution is 6.00. The van der Waals surface area contributed by atoms with Crippen LogP contribution in [0.1, 0.15) is 24.9 Å². The Labute approximate surface area is 159 Å². The van der Waals surface area contributed by atoms with E-state index in [9.17, 15) is 23.1 Å². The lowest BCUT2D eigenvalue weighted by Crippen LogP contribution is -2.52.